The van der Waals surface area contributed by atoms with Gasteiger partial charge in [-0.3, -0.25) is 9.59 Å². The van der Waals surface area contributed by atoms with Crippen LogP contribution in [-0.2, 0) is 9.59 Å². The van der Waals surface area contributed by atoms with Gasteiger partial charge in [-0.15, -0.1) is 0 Å². The zero-order valence-electron chi connectivity index (χ0n) is 11.2. The SMILES string of the molecule is CCC(C)NCC(=O)NC1CCCC(C(=O)O)C1. The Morgan fingerprint density at radius 2 is 2.11 bits per heavy atom. The molecule has 0 radical (unpaired) electrons. The van der Waals surface area contributed by atoms with Gasteiger partial charge in [-0.25, -0.2) is 0 Å². The Morgan fingerprint density at radius 3 is 2.72 bits per heavy atom. The van der Waals surface area contributed by atoms with E-state index in [0.717, 1.165) is 25.7 Å². The molecule has 1 aliphatic carbocycles. The highest BCUT2D eigenvalue weighted by molar-refractivity contribution is 5.78. The Bertz CT molecular complexity index is 294. The summed E-state index contributed by atoms with van der Waals surface area (Å²) in [6.45, 7) is 4.41. The van der Waals surface area contributed by atoms with E-state index in [0.29, 0.717) is 19.0 Å². The lowest BCUT2D eigenvalue weighted by atomic mass is 9.86. The van der Waals surface area contributed by atoms with Gasteiger partial charge in [-0.05, 0) is 32.6 Å². The molecule has 1 rings (SSSR count). The fourth-order valence-electron chi connectivity index (χ4n) is 2.24. The second-order valence-electron chi connectivity index (χ2n) is 5.16. The summed E-state index contributed by atoms with van der Waals surface area (Å²) in [5, 5.41) is 15.0. The average Bonchev–Trinajstić information content (AvgIpc) is 2.36. The van der Waals surface area contributed by atoms with Gasteiger partial charge in [0.25, 0.3) is 0 Å². The van der Waals surface area contributed by atoms with Gasteiger partial charge < -0.3 is 15.7 Å². The van der Waals surface area contributed by atoms with Gasteiger partial charge >= 0.3 is 5.97 Å². The number of carbonyl (C=O) groups excluding carboxylic acids is 1. The number of amides is 1. The lowest BCUT2D eigenvalue weighted by Crippen LogP contribution is -2.44. The maximum Gasteiger partial charge on any atom is 0.306 e. The van der Waals surface area contributed by atoms with E-state index in [1.54, 1.807) is 0 Å². The maximum absolute atomic E-state index is 11.7. The minimum Gasteiger partial charge on any atom is -0.481 e. The van der Waals surface area contributed by atoms with Crippen molar-refractivity contribution in [2.24, 2.45) is 5.92 Å². The fourth-order valence-corrected chi connectivity index (χ4v) is 2.24. The molecule has 1 fully saturated rings. The van der Waals surface area contributed by atoms with Crippen molar-refractivity contribution in [3.63, 3.8) is 0 Å². The van der Waals surface area contributed by atoms with Crippen LogP contribution in [0.3, 0.4) is 0 Å². The van der Waals surface area contributed by atoms with Crippen LogP contribution < -0.4 is 10.6 Å². The van der Waals surface area contributed by atoms with Crippen LogP contribution in [0, 0.1) is 5.92 Å². The Balaban J connectivity index is 2.29. The predicted molar refractivity (Wildman–Crippen MR) is 69.3 cm³/mol. The third kappa shape index (κ3) is 5.04. The normalized spacial score (nSPS) is 25.4. The van der Waals surface area contributed by atoms with Crippen LogP contribution >= 0.6 is 0 Å². The Morgan fingerprint density at radius 1 is 1.39 bits per heavy atom. The highest BCUT2D eigenvalue weighted by Crippen LogP contribution is 2.24. The smallest absolute Gasteiger partial charge is 0.306 e. The summed E-state index contributed by atoms with van der Waals surface area (Å²) in [6, 6.07) is 0.347. The van der Waals surface area contributed by atoms with Gasteiger partial charge in [0.05, 0.1) is 12.5 Å². The molecule has 5 heteroatoms. The van der Waals surface area contributed by atoms with Crippen LogP contribution in [0.2, 0.25) is 0 Å². The highest BCUT2D eigenvalue weighted by Gasteiger charge is 2.27. The number of carbonyl (C=O) groups is 2. The fraction of sp³-hybridized carbons (Fsp3) is 0.846. The Hall–Kier alpha value is -1.10. The molecule has 0 bridgehead atoms. The molecule has 3 N–H and O–H groups in total. The summed E-state index contributed by atoms with van der Waals surface area (Å²) < 4.78 is 0. The third-order valence-electron chi connectivity index (χ3n) is 3.61. The van der Waals surface area contributed by atoms with Crippen LogP contribution in [0.15, 0.2) is 0 Å². The molecule has 0 aliphatic heterocycles. The van der Waals surface area contributed by atoms with Crippen molar-refractivity contribution >= 4 is 11.9 Å². The number of nitrogens with one attached hydrogen (secondary N) is 2. The number of carboxylic acids is 1. The second-order valence-corrected chi connectivity index (χ2v) is 5.16. The van der Waals surface area contributed by atoms with Crippen molar-refractivity contribution in [2.45, 2.75) is 58.0 Å². The molecule has 0 aromatic heterocycles. The Kier molecular flexibility index (Phi) is 6.12. The summed E-state index contributed by atoms with van der Waals surface area (Å²) >= 11 is 0. The minimum atomic E-state index is -0.744. The molecule has 0 aromatic carbocycles. The molecule has 1 aliphatic rings. The van der Waals surface area contributed by atoms with Crippen LogP contribution in [0.4, 0.5) is 0 Å². The number of hydrogen-bond acceptors (Lipinski definition) is 3. The molecule has 0 aromatic rings. The monoisotopic (exact) mass is 256 g/mol. The van der Waals surface area contributed by atoms with E-state index in [4.69, 9.17) is 5.11 Å². The number of rotatable bonds is 6. The van der Waals surface area contributed by atoms with Crippen LogP contribution in [0.1, 0.15) is 46.0 Å². The number of carboxylic acid groups (broad SMARTS) is 1. The Labute approximate surface area is 108 Å². The quantitative estimate of drug-likeness (QED) is 0.666. The zero-order valence-corrected chi connectivity index (χ0v) is 11.2. The van der Waals surface area contributed by atoms with Gasteiger partial charge in [0, 0.05) is 12.1 Å². The van der Waals surface area contributed by atoms with E-state index in [1.807, 2.05) is 6.92 Å². The molecule has 18 heavy (non-hydrogen) atoms. The standard InChI is InChI=1S/C13H24N2O3/c1-3-9(2)14-8-12(16)15-11-6-4-5-10(7-11)13(17)18/h9-11,14H,3-8H2,1-2H3,(H,15,16)(H,17,18). The molecule has 3 unspecified atom stereocenters. The van der Waals surface area contributed by atoms with E-state index in [1.165, 1.54) is 0 Å². The maximum atomic E-state index is 11.7. The average molecular weight is 256 g/mol. The highest BCUT2D eigenvalue weighted by atomic mass is 16.4. The summed E-state index contributed by atoms with van der Waals surface area (Å²) in [5.41, 5.74) is 0. The van der Waals surface area contributed by atoms with E-state index < -0.39 is 5.97 Å². The molecule has 0 heterocycles. The molecule has 104 valence electrons. The summed E-state index contributed by atoms with van der Waals surface area (Å²) in [4.78, 5) is 22.6. The van der Waals surface area contributed by atoms with Crippen molar-refractivity contribution in [3.8, 4) is 0 Å². The zero-order chi connectivity index (χ0) is 13.5. The first-order valence-corrected chi connectivity index (χ1v) is 6.78. The van der Waals surface area contributed by atoms with E-state index in [-0.39, 0.29) is 17.9 Å². The third-order valence-corrected chi connectivity index (χ3v) is 3.61. The molecule has 3 atom stereocenters. The summed E-state index contributed by atoms with van der Waals surface area (Å²) in [5.74, 6) is -1.08. The van der Waals surface area contributed by atoms with Gasteiger partial charge in [0.2, 0.25) is 5.91 Å². The van der Waals surface area contributed by atoms with Crippen molar-refractivity contribution in [1.82, 2.24) is 10.6 Å². The molecule has 5 nitrogen and oxygen atoms in total. The second kappa shape index (κ2) is 7.36. The van der Waals surface area contributed by atoms with Gasteiger partial charge in [-0.1, -0.05) is 13.3 Å². The van der Waals surface area contributed by atoms with Crippen molar-refractivity contribution in [3.05, 3.63) is 0 Å². The van der Waals surface area contributed by atoms with Gasteiger partial charge in [-0.2, -0.15) is 0 Å². The van der Waals surface area contributed by atoms with Gasteiger partial charge in [0.1, 0.15) is 0 Å². The first-order valence-electron chi connectivity index (χ1n) is 6.78. The number of aliphatic carboxylic acids is 1. The van der Waals surface area contributed by atoms with Crippen LogP contribution in [0.5, 0.6) is 0 Å². The summed E-state index contributed by atoms with van der Waals surface area (Å²) in [6.07, 6.45) is 4.04. The minimum absolute atomic E-state index is 0.0195. The molecule has 0 spiro atoms. The van der Waals surface area contributed by atoms with Crippen LogP contribution in [0.25, 0.3) is 0 Å². The number of hydrogen-bond donors (Lipinski definition) is 3. The van der Waals surface area contributed by atoms with E-state index in [2.05, 4.69) is 17.6 Å². The molecule has 1 amide bonds. The van der Waals surface area contributed by atoms with E-state index in [9.17, 15) is 9.59 Å². The molecule has 0 saturated heterocycles. The van der Waals surface area contributed by atoms with Crippen molar-refractivity contribution in [1.29, 1.82) is 0 Å². The predicted octanol–water partition coefficient (Wildman–Crippen LogP) is 1.13. The molecular formula is C13H24N2O3. The van der Waals surface area contributed by atoms with Crippen LogP contribution in [-0.4, -0.2) is 35.6 Å². The first-order chi connectivity index (χ1) is 8.52. The summed E-state index contributed by atoms with van der Waals surface area (Å²) in [7, 11) is 0. The lowest BCUT2D eigenvalue weighted by Gasteiger charge is -2.27. The molecule has 1 saturated carbocycles. The molecular weight excluding hydrogens is 232 g/mol. The largest absolute Gasteiger partial charge is 0.481 e. The topological polar surface area (TPSA) is 78.4 Å². The first kappa shape index (κ1) is 15.0. The van der Waals surface area contributed by atoms with E-state index >= 15 is 0 Å². The van der Waals surface area contributed by atoms with Crippen molar-refractivity contribution in [2.75, 3.05) is 6.54 Å². The van der Waals surface area contributed by atoms with Crippen molar-refractivity contribution < 1.29 is 14.7 Å². The lowest BCUT2D eigenvalue weighted by molar-refractivity contribution is -0.143. The van der Waals surface area contributed by atoms with Gasteiger partial charge in [0.15, 0.2) is 0 Å².